The molecule has 0 amide bonds. The van der Waals surface area contributed by atoms with Crippen molar-refractivity contribution in [1.82, 2.24) is 0 Å². The summed E-state index contributed by atoms with van der Waals surface area (Å²) in [6.07, 6.45) is 0.599. The number of methoxy groups -OCH3 is 2. The number of anilines is 1. The number of primary sulfonamides is 1. The summed E-state index contributed by atoms with van der Waals surface area (Å²) < 4.78 is 34.5. The van der Waals surface area contributed by atoms with Gasteiger partial charge in [0, 0.05) is 17.0 Å². The standard InChI is InChI=1S/C23H22ClN3O4S/c1-30-22-5-3-4-19(23(22)31-2)21-14-20(15-6-8-16(24)9-7-15)26-27(21)17-10-12-18(13-11-17)32(25,28)29/h3-13,21H,14H2,1-2H3,(H2,25,28,29). The predicted octanol–water partition coefficient (Wildman–Crippen LogP) is 4.36. The van der Waals surface area contributed by atoms with Crippen molar-refractivity contribution in [2.75, 3.05) is 19.2 Å². The van der Waals surface area contributed by atoms with Gasteiger partial charge in [-0.15, -0.1) is 0 Å². The quantitative estimate of drug-likeness (QED) is 0.576. The average molecular weight is 472 g/mol. The normalized spacial score (nSPS) is 16.1. The van der Waals surface area contributed by atoms with E-state index in [2.05, 4.69) is 0 Å². The van der Waals surface area contributed by atoms with Gasteiger partial charge in [-0.25, -0.2) is 13.6 Å². The number of hydrogen-bond acceptors (Lipinski definition) is 6. The van der Waals surface area contributed by atoms with Crippen LogP contribution in [-0.4, -0.2) is 28.3 Å². The molecule has 166 valence electrons. The van der Waals surface area contributed by atoms with Gasteiger partial charge < -0.3 is 9.47 Å². The molecule has 0 saturated carbocycles. The second-order valence-corrected chi connectivity index (χ2v) is 9.24. The third-order valence-corrected chi connectivity index (χ3v) is 6.49. The third kappa shape index (κ3) is 4.29. The molecule has 0 aliphatic carbocycles. The molecule has 32 heavy (non-hydrogen) atoms. The van der Waals surface area contributed by atoms with Crippen LogP contribution in [0.4, 0.5) is 5.69 Å². The van der Waals surface area contributed by atoms with Crippen LogP contribution in [0.15, 0.2) is 76.7 Å². The SMILES string of the molecule is COc1cccc(C2CC(c3ccc(Cl)cc3)=NN2c2ccc(S(N)(=O)=O)cc2)c1OC. The summed E-state index contributed by atoms with van der Waals surface area (Å²) in [5.74, 6) is 1.24. The number of para-hydroxylation sites is 1. The first-order valence-electron chi connectivity index (χ1n) is 9.78. The molecule has 0 saturated heterocycles. The first-order valence-corrected chi connectivity index (χ1v) is 11.7. The number of hydrogen-bond donors (Lipinski definition) is 1. The predicted molar refractivity (Wildman–Crippen MR) is 125 cm³/mol. The van der Waals surface area contributed by atoms with Crippen molar-refractivity contribution in [2.24, 2.45) is 10.2 Å². The summed E-state index contributed by atoms with van der Waals surface area (Å²) in [4.78, 5) is 0.0397. The van der Waals surface area contributed by atoms with E-state index in [4.69, 9.17) is 31.3 Å². The monoisotopic (exact) mass is 471 g/mol. The van der Waals surface area contributed by atoms with Gasteiger partial charge in [0.25, 0.3) is 0 Å². The zero-order valence-electron chi connectivity index (χ0n) is 17.5. The van der Waals surface area contributed by atoms with Crippen LogP contribution in [0.1, 0.15) is 23.6 Å². The molecule has 9 heteroatoms. The van der Waals surface area contributed by atoms with Crippen molar-refractivity contribution in [3.63, 3.8) is 0 Å². The Morgan fingerprint density at radius 1 is 1.00 bits per heavy atom. The smallest absolute Gasteiger partial charge is 0.238 e. The molecule has 0 bridgehead atoms. The second kappa shape index (κ2) is 8.82. The van der Waals surface area contributed by atoms with E-state index in [-0.39, 0.29) is 10.9 Å². The van der Waals surface area contributed by atoms with Gasteiger partial charge in [0.2, 0.25) is 10.0 Å². The van der Waals surface area contributed by atoms with E-state index in [0.717, 1.165) is 22.5 Å². The van der Waals surface area contributed by atoms with Gasteiger partial charge in [0.1, 0.15) is 0 Å². The van der Waals surface area contributed by atoms with E-state index in [1.165, 1.54) is 12.1 Å². The fraction of sp³-hybridized carbons (Fsp3) is 0.174. The van der Waals surface area contributed by atoms with Gasteiger partial charge in [-0.3, -0.25) is 5.01 Å². The van der Waals surface area contributed by atoms with Gasteiger partial charge >= 0.3 is 0 Å². The molecule has 0 spiro atoms. The largest absolute Gasteiger partial charge is 0.493 e. The van der Waals surface area contributed by atoms with Crippen LogP contribution < -0.4 is 19.6 Å². The fourth-order valence-corrected chi connectivity index (χ4v) is 4.41. The summed E-state index contributed by atoms with van der Waals surface area (Å²) in [5.41, 5.74) is 3.43. The molecule has 7 nitrogen and oxygen atoms in total. The van der Waals surface area contributed by atoms with E-state index in [1.807, 2.05) is 47.5 Å². The molecule has 1 heterocycles. The van der Waals surface area contributed by atoms with Crippen LogP contribution in [-0.2, 0) is 10.0 Å². The highest BCUT2D eigenvalue weighted by Gasteiger charge is 2.33. The van der Waals surface area contributed by atoms with Crippen molar-refractivity contribution < 1.29 is 17.9 Å². The fourth-order valence-electron chi connectivity index (χ4n) is 3.77. The molecule has 2 N–H and O–H groups in total. The van der Waals surface area contributed by atoms with Crippen molar-refractivity contribution in [3.05, 3.63) is 82.9 Å². The second-order valence-electron chi connectivity index (χ2n) is 7.24. The van der Waals surface area contributed by atoms with E-state index >= 15 is 0 Å². The van der Waals surface area contributed by atoms with E-state index < -0.39 is 10.0 Å². The number of halogens is 1. The Bertz CT molecular complexity index is 1260. The van der Waals surface area contributed by atoms with Crippen LogP contribution in [0, 0.1) is 0 Å². The molecule has 1 unspecified atom stereocenters. The van der Waals surface area contributed by atoms with Gasteiger partial charge in [0.05, 0.1) is 36.6 Å². The Morgan fingerprint density at radius 2 is 1.69 bits per heavy atom. The van der Waals surface area contributed by atoms with Crippen molar-refractivity contribution in [1.29, 1.82) is 0 Å². The van der Waals surface area contributed by atoms with E-state index in [9.17, 15) is 8.42 Å². The van der Waals surface area contributed by atoms with Crippen molar-refractivity contribution in [3.8, 4) is 11.5 Å². The molecular weight excluding hydrogens is 450 g/mol. The molecule has 0 radical (unpaired) electrons. The third-order valence-electron chi connectivity index (χ3n) is 5.31. The lowest BCUT2D eigenvalue weighted by atomic mass is 9.97. The molecule has 1 aliphatic rings. The molecule has 1 aliphatic heterocycles. The zero-order chi connectivity index (χ0) is 22.9. The molecule has 4 rings (SSSR count). The average Bonchev–Trinajstić information content (AvgIpc) is 3.23. The zero-order valence-corrected chi connectivity index (χ0v) is 19.1. The van der Waals surface area contributed by atoms with E-state index in [1.54, 1.807) is 26.4 Å². The highest BCUT2D eigenvalue weighted by Crippen LogP contribution is 2.43. The lowest BCUT2D eigenvalue weighted by molar-refractivity contribution is 0.349. The Morgan fingerprint density at radius 3 is 2.28 bits per heavy atom. The first kappa shape index (κ1) is 22.1. The van der Waals surface area contributed by atoms with Crippen LogP contribution in [0.3, 0.4) is 0 Å². The van der Waals surface area contributed by atoms with Gasteiger partial charge in [0.15, 0.2) is 11.5 Å². The minimum absolute atomic E-state index is 0.0397. The molecular formula is C23H22ClN3O4S. The highest BCUT2D eigenvalue weighted by atomic mass is 35.5. The van der Waals surface area contributed by atoms with Crippen LogP contribution in [0.5, 0.6) is 11.5 Å². The van der Waals surface area contributed by atoms with Crippen LogP contribution >= 0.6 is 11.6 Å². The maximum Gasteiger partial charge on any atom is 0.238 e. The van der Waals surface area contributed by atoms with Gasteiger partial charge in [-0.1, -0.05) is 35.9 Å². The lowest BCUT2D eigenvalue weighted by Gasteiger charge is -2.26. The van der Waals surface area contributed by atoms with Crippen LogP contribution in [0.2, 0.25) is 5.02 Å². The minimum Gasteiger partial charge on any atom is -0.493 e. The summed E-state index contributed by atoms with van der Waals surface area (Å²) in [6, 6.07) is 19.3. The van der Waals surface area contributed by atoms with Crippen LogP contribution in [0.25, 0.3) is 0 Å². The number of nitrogens with zero attached hydrogens (tertiary/aromatic N) is 2. The first-order chi connectivity index (χ1) is 15.3. The Hall–Kier alpha value is -3.07. The number of benzene rings is 3. The van der Waals surface area contributed by atoms with Gasteiger partial charge in [-0.05, 0) is 48.0 Å². The molecule has 3 aromatic rings. The number of nitrogens with two attached hydrogens (primary N) is 1. The summed E-state index contributed by atoms with van der Waals surface area (Å²) in [7, 11) is -0.597. The Labute approximate surface area is 192 Å². The number of ether oxygens (including phenoxy) is 2. The van der Waals surface area contributed by atoms with E-state index in [0.29, 0.717) is 22.9 Å². The highest BCUT2D eigenvalue weighted by molar-refractivity contribution is 7.89. The van der Waals surface area contributed by atoms with Crippen molar-refractivity contribution >= 4 is 33.0 Å². The topological polar surface area (TPSA) is 94.2 Å². The summed E-state index contributed by atoms with van der Waals surface area (Å²) >= 11 is 6.05. The Kier molecular flexibility index (Phi) is 6.10. The molecule has 0 aromatic heterocycles. The maximum atomic E-state index is 11.7. The Balaban J connectivity index is 1.81. The number of hydrazone groups is 1. The lowest BCUT2D eigenvalue weighted by Crippen LogP contribution is -2.20. The van der Waals surface area contributed by atoms with Crippen molar-refractivity contribution in [2.45, 2.75) is 17.4 Å². The number of sulfonamides is 1. The minimum atomic E-state index is -3.79. The molecule has 1 atom stereocenters. The molecule has 3 aromatic carbocycles. The summed E-state index contributed by atoms with van der Waals surface area (Å²) in [5, 5.41) is 12.6. The summed E-state index contributed by atoms with van der Waals surface area (Å²) in [6.45, 7) is 0. The molecule has 0 fully saturated rings. The van der Waals surface area contributed by atoms with Gasteiger partial charge in [-0.2, -0.15) is 5.10 Å². The number of rotatable bonds is 6. The maximum absolute atomic E-state index is 11.7.